The van der Waals surface area contributed by atoms with Gasteiger partial charge >= 0.3 is 0 Å². The van der Waals surface area contributed by atoms with Crippen molar-refractivity contribution >= 4 is 11.8 Å². The zero-order valence-corrected chi connectivity index (χ0v) is 12.2. The number of hydrogen-bond donors (Lipinski definition) is 1. The number of nitriles is 1. The molecular formula is C16H16N2O3. The minimum atomic E-state index is -0.373. The van der Waals surface area contributed by atoms with Crippen LogP contribution in [0.15, 0.2) is 28.7 Å². The maximum Gasteiger partial charge on any atom is 0.264 e. The summed E-state index contributed by atoms with van der Waals surface area (Å²) in [4.78, 5) is 11.9. The van der Waals surface area contributed by atoms with Crippen molar-refractivity contribution in [2.45, 2.75) is 20.8 Å². The molecule has 2 rings (SSSR count). The van der Waals surface area contributed by atoms with E-state index in [0.717, 1.165) is 11.1 Å². The smallest absolute Gasteiger partial charge is 0.264 e. The molecule has 0 aliphatic rings. The summed E-state index contributed by atoms with van der Waals surface area (Å²) in [6, 6.07) is 9.45. The summed E-state index contributed by atoms with van der Waals surface area (Å²) >= 11 is 0. The van der Waals surface area contributed by atoms with Crippen molar-refractivity contribution in [3.8, 4) is 11.8 Å². The van der Waals surface area contributed by atoms with Gasteiger partial charge in [0.2, 0.25) is 5.88 Å². The monoisotopic (exact) mass is 284 g/mol. The highest BCUT2D eigenvalue weighted by atomic mass is 16.5. The van der Waals surface area contributed by atoms with Crippen LogP contribution in [0.4, 0.5) is 5.88 Å². The zero-order valence-electron chi connectivity index (χ0n) is 12.2. The quantitative estimate of drug-likeness (QED) is 0.936. The Morgan fingerprint density at radius 1 is 1.38 bits per heavy atom. The van der Waals surface area contributed by atoms with E-state index in [2.05, 4.69) is 5.32 Å². The first-order chi connectivity index (χ1) is 10.0. The van der Waals surface area contributed by atoms with Crippen molar-refractivity contribution in [1.82, 2.24) is 0 Å². The summed E-state index contributed by atoms with van der Waals surface area (Å²) in [6.45, 7) is 5.32. The molecule has 1 aromatic carbocycles. The predicted molar refractivity (Wildman–Crippen MR) is 78.2 cm³/mol. The van der Waals surface area contributed by atoms with Crippen molar-refractivity contribution < 1.29 is 13.9 Å². The molecule has 0 fully saturated rings. The fourth-order valence-corrected chi connectivity index (χ4v) is 1.87. The van der Waals surface area contributed by atoms with Crippen LogP contribution < -0.4 is 10.1 Å². The van der Waals surface area contributed by atoms with Crippen molar-refractivity contribution in [2.24, 2.45) is 0 Å². The van der Waals surface area contributed by atoms with Crippen LogP contribution in [0.2, 0.25) is 0 Å². The van der Waals surface area contributed by atoms with Crippen molar-refractivity contribution in [3.63, 3.8) is 0 Å². The van der Waals surface area contributed by atoms with Crippen LogP contribution in [0.3, 0.4) is 0 Å². The van der Waals surface area contributed by atoms with Crippen LogP contribution in [0.5, 0.6) is 5.75 Å². The summed E-state index contributed by atoms with van der Waals surface area (Å²) < 4.78 is 10.8. The van der Waals surface area contributed by atoms with Gasteiger partial charge in [-0.1, -0.05) is 12.1 Å². The van der Waals surface area contributed by atoms with Crippen LogP contribution in [-0.4, -0.2) is 12.5 Å². The molecule has 0 radical (unpaired) electrons. The van der Waals surface area contributed by atoms with Crippen molar-refractivity contribution in [1.29, 1.82) is 5.26 Å². The standard InChI is InChI=1S/C16H16N2O3/c1-10-5-4-6-13(7-10)20-9-15(19)18-16-14(8-17)11(2)12(3)21-16/h4-7H,9H2,1-3H3,(H,18,19). The van der Waals surface area contributed by atoms with Crippen LogP contribution in [0, 0.1) is 32.1 Å². The minimum absolute atomic E-state index is 0.146. The van der Waals surface area contributed by atoms with E-state index in [1.807, 2.05) is 31.2 Å². The summed E-state index contributed by atoms with van der Waals surface area (Å²) in [6.07, 6.45) is 0. The second kappa shape index (κ2) is 6.14. The van der Waals surface area contributed by atoms with E-state index in [1.54, 1.807) is 19.9 Å². The number of aryl methyl sites for hydroxylation is 2. The Balaban J connectivity index is 2.00. The van der Waals surface area contributed by atoms with Gasteiger partial charge in [-0.25, -0.2) is 0 Å². The van der Waals surface area contributed by atoms with Crippen LogP contribution in [-0.2, 0) is 4.79 Å². The first-order valence-corrected chi connectivity index (χ1v) is 6.50. The van der Waals surface area contributed by atoms with E-state index >= 15 is 0 Å². The second-order valence-electron chi connectivity index (χ2n) is 4.75. The van der Waals surface area contributed by atoms with E-state index in [1.165, 1.54) is 0 Å². The maximum absolute atomic E-state index is 11.9. The first kappa shape index (κ1) is 14.7. The van der Waals surface area contributed by atoms with Gasteiger partial charge < -0.3 is 9.15 Å². The Hall–Kier alpha value is -2.74. The van der Waals surface area contributed by atoms with Gasteiger partial charge in [-0.05, 0) is 38.5 Å². The Morgan fingerprint density at radius 2 is 2.14 bits per heavy atom. The van der Waals surface area contributed by atoms with Gasteiger partial charge in [0.25, 0.3) is 5.91 Å². The number of amides is 1. The highest BCUT2D eigenvalue weighted by Gasteiger charge is 2.16. The molecule has 1 heterocycles. The number of nitrogens with zero attached hydrogens (tertiary/aromatic N) is 1. The van der Waals surface area contributed by atoms with E-state index < -0.39 is 0 Å². The second-order valence-corrected chi connectivity index (χ2v) is 4.75. The number of carbonyl (C=O) groups is 1. The zero-order chi connectivity index (χ0) is 15.4. The SMILES string of the molecule is Cc1cccc(OCC(=O)Nc2oc(C)c(C)c2C#N)c1. The molecule has 2 aromatic rings. The third kappa shape index (κ3) is 3.42. The van der Waals surface area contributed by atoms with E-state index in [4.69, 9.17) is 14.4 Å². The Labute approximate surface area is 123 Å². The molecule has 0 unspecified atom stereocenters. The van der Waals surface area contributed by atoms with Gasteiger partial charge in [0, 0.05) is 5.56 Å². The fraction of sp³-hybridized carbons (Fsp3) is 0.250. The fourth-order valence-electron chi connectivity index (χ4n) is 1.87. The summed E-state index contributed by atoms with van der Waals surface area (Å²) in [5.41, 5.74) is 2.13. The molecule has 5 nitrogen and oxygen atoms in total. The molecule has 0 bridgehead atoms. The Morgan fingerprint density at radius 3 is 2.81 bits per heavy atom. The Kier molecular flexibility index (Phi) is 4.29. The van der Waals surface area contributed by atoms with E-state index in [-0.39, 0.29) is 18.4 Å². The third-order valence-corrected chi connectivity index (χ3v) is 3.11. The lowest BCUT2D eigenvalue weighted by molar-refractivity contribution is -0.118. The van der Waals surface area contributed by atoms with Crippen molar-refractivity contribution in [2.75, 3.05) is 11.9 Å². The van der Waals surface area contributed by atoms with Crippen LogP contribution in [0.1, 0.15) is 22.5 Å². The molecule has 21 heavy (non-hydrogen) atoms. The van der Waals surface area contributed by atoms with Gasteiger partial charge in [-0.3, -0.25) is 10.1 Å². The Bertz CT molecular complexity index is 711. The largest absolute Gasteiger partial charge is 0.484 e. The molecule has 5 heteroatoms. The molecule has 0 atom stereocenters. The number of anilines is 1. The van der Waals surface area contributed by atoms with Crippen LogP contribution in [0.25, 0.3) is 0 Å². The van der Waals surface area contributed by atoms with E-state index in [0.29, 0.717) is 17.1 Å². The first-order valence-electron chi connectivity index (χ1n) is 6.50. The lowest BCUT2D eigenvalue weighted by atomic mass is 10.2. The van der Waals surface area contributed by atoms with Gasteiger partial charge in [0.05, 0.1) is 0 Å². The van der Waals surface area contributed by atoms with Crippen LogP contribution >= 0.6 is 0 Å². The molecule has 0 saturated heterocycles. The van der Waals surface area contributed by atoms with Gasteiger partial charge in [-0.2, -0.15) is 5.26 Å². The molecule has 1 N–H and O–H groups in total. The number of ether oxygens (including phenoxy) is 1. The molecule has 0 aliphatic carbocycles. The highest BCUT2D eigenvalue weighted by molar-refractivity contribution is 5.92. The number of hydrogen-bond acceptors (Lipinski definition) is 4. The molecule has 0 saturated carbocycles. The summed E-state index contributed by atoms with van der Waals surface area (Å²) in [5.74, 6) is 1.03. The number of furan rings is 1. The number of nitrogens with one attached hydrogen (secondary N) is 1. The lowest BCUT2D eigenvalue weighted by Gasteiger charge is -2.06. The molecule has 1 aromatic heterocycles. The van der Waals surface area contributed by atoms with Gasteiger partial charge in [0.15, 0.2) is 6.61 Å². The molecule has 0 aliphatic heterocycles. The maximum atomic E-state index is 11.9. The molecular weight excluding hydrogens is 268 g/mol. The molecule has 108 valence electrons. The third-order valence-electron chi connectivity index (χ3n) is 3.11. The normalized spacial score (nSPS) is 10.0. The highest BCUT2D eigenvalue weighted by Crippen LogP contribution is 2.25. The van der Waals surface area contributed by atoms with Gasteiger partial charge in [0.1, 0.15) is 23.1 Å². The lowest BCUT2D eigenvalue weighted by Crippen LogP contribution is -2.20. The van der Waals surface area contributed by atoms with E-state index in [9.17, 15) is 4.79 Å². The minimum Gasteiger partial charge on any atom is -0.484 e. The summed E-state index contributed by atoms with van der Waals surface area (Å²) in [7, 11) is 0. The number of carbonyl (C=O) groups excluding carboxylic acids is 1. The van der Waals surface area contributed by atoms with Gasteiger partial charge in [-0.15, -0.1) is 0 Å². The molecule has 1 amide bonds. The number of benzene rings is 1. The summed E-state index contributed by atoms with van der Waals surface area (Å²) in [5, 5.41) is 11.6. The topological polar surface area (TPSA) is 75.3 Å². The molecule has 0 spiro atoms. The number of rotatable bonds is 4. The van der Waals surface area contributed by atoms with Crippen molar-refractivity contribution in [3.05, 3.63) is 46.7 Å². The predicted octanol–water partition coefficient (Wildman–Crippen LogP) is 3.09. The average Bonchev–Trinajstić information content (AvgIpc) is 2.71. The average molecular weight is 284 g/mol.